The lowest BCUT2D eigenvalue weighted by Gasteiger charge is -2.16. The molecule has 0 spiro atoms. The van der Waals surface area contributed by atoms with Gasteiger partial charge in [0.15, 0.2) is 6.61 Å². The largest absolute Gasteiger partial charge is 0.508 e. The van der Waals surface area contributed by atoms with Crippen molar-refractivity contribution in [1.29, 1.82) is 0 Å². The van der Waals surface area contributed by atoms with Crippen molar-refractivity contribution in [3.05, 3.63) is 78.1 Å². The molecule has 0 aliphatic heterocycles. The van der Waals surface area contributed by atoms with Gasteiger partial charge in [-0.15, -0.1) is 0 Å². The molecule has 1 amide bonds. The summed E-state index contributed by atoms with van der Waals surface area (Å²) in [6.07, 6.45) is 1.43. The molecule has 0 fully saturated rings. The maximum absolute atomic E-state index is 12.3. The Kier molecular flexibility index (Phi) is 5.39. The number of rotatable bonds is 6. The van der Waals surface area contributed by atoms with E-state index in [2.05, 4.69) is 5.32 Å². The van der Waals surface area contributed by atoms with Gasteiger partial charge in [0, 0.05) is 17.0 Å². The summed E-state index contributed by atoms with van der Waals surface area (Å²) >= 11 is 0. The molecule has 1 aromatic heterocycles. The van der Waals surface area contributed by atoms with Gasteiger partial charge in [-0.1, -0.05) is 42.5 Å². The van der Waals surface area contributed by atoms with E-state index in [0.29, 0.717) is 11.1 Å². The van der Waals surface area contributed by atoms with E-state index >= 15 is 0 Å². The van der Waals surface area contributed by atoms with Gasteiger partial charge in [-0.2, -0.15) is 0 Å². The molecule has 6 nitrogen and oxygen atoms in total. The zero-order chi connectivity index (χ0) is 21.1. The summed E-state index contributed by atoms with van der Waals surface area (Å²) in [4.78, 5) is 24.4. The van der Waals surface area contributed by atoms with E-state index in [-0.39, 0.29) is 30.7 Å². The van der Waals surface area contributed by atoms with Crippen LogP contribution in [0.1, 0.15) is 24.1 Å². The number of nitrogens with one attached hydrogen (secondary N) is 1. The number of benzene rings is 3. The molecule has 30 heavy (non-hydrogen) atoms. The van der Waals surface area contributed by atoms with E-state index in [4.69, 9.17) is 9.15 Å². The van der Waals surface area contributed by atoms with Crippen LogP contribution in [0.25, 0.3) is 21.7 Å². The van der Waals surface area contributed by atoms with Gasteiger partial charge in [-0.05, 0) is 35.4 Å². The second kappa shape index (κ2) is 8.29. The highest BCUT2D eigenvalue weighted by molar-refractivity contribution is 5.89. The van der Waals surface area contributed by atoms with Gasteiger partial charge < -0.3 is 19.6 Å². The SMILES string of the molecule is C[C@@H](NC(=O)COC(=O)Cc1coc2cc(O)ccc12)c1cccc2ccccc12. The van der Waals surface area contributed by atoms with Gasteiger partial charge in [0.2, 0.25) is 0 Å². The van der Waals surface area contributed by atoms with Gasteiger partial charge in [-0.25, -0.2) is 0 Å². The number of ether oxygens (including phenoxy) is 1. The Hall–Kier alpha value is -3.80. The molecule has 0 aliphatic rings. The third-order valence-electron chi connectivity index (χ3n) is 5.01. The molecule has 1 heterocycles. The third kappa shape index (κ3) is 4.12. The smallest absolute Gasteiger partial charge is 0.310 e. The first kappa shape index (κ1) is 19.5. The van der Waals surface area contributed by atoms with Crippen molar-refractivity contribution >= 4 is 33.6 Å². The van der Waals surface area contributed by atoms with Gasteiger partial charge in [0.25, 0.3) is 5.91 Å². The molecule has 0 bridgehead atoms. The fourth-order valence-corrected chi connectivity index (χ4v) is 3.55. The van der Waals surface area contributed by atoms with Crippen LogP contribution in [0.2, 0.25) is 0 Å². The number of amides is 1. The van der Waals surface area contributed by atoms with Crippen LogP contribution in [0, 0.1) is 0 Å². The maximum Gasteiger partial charge on any atom is 0.310 e. The Morgan fingerprint density at radius 1 is 1.07 bits per heavy atom. The maximum atomic E-state index is 12.3. The number of fused-ring (bicyclic) bond motifs is 2. The molecule has 3 aromatic carbocycles. The molecule has 1 atom stereocenters. The number of hydrogen-bond donors (Lipinski definition) is 2. The highest BCUT2D eigenvalue weighted by Gasteiger charge is 2.16. The van der Waals surface area contributed by atoms with Gasteiger partial charge in [0.1, 0.15) is 11.3 Å². The zero-order valence-corrected chi connectivity index (χ0v) is 16.4. The first-order valence-corrected chi connectivity index (χ1v) is 9.63. The standard InChI is InChI=1S/C24H21NO5/c1-15(19-8-4-6-16-5-2-3-7-20(16)19)25-23(27)14-30-24(28)11-17-13-29-22-12-18(26)9-10-21(17)22/h2-10,12-13,15,26H,11,14H2,1H3,(H,25,27)/t15-/m1/s1. The molecule has 2 N–H and O–H groups in total. The van der Waals surface area contributed by atoms with E-state index < -0.39 is 5.97 Å². The topological polar surface area (TPSA) is 88.8 Å². The van der Waals surface area contributed by atoms with Crippen LogP contribution in [0.4, 0.5) is 0 Å². The molecule has 0 aliphatic carbocycles. The Bertz CT molecular complexity index is 1220. The van der Waals surface area contributed by atoms with Crippen molar-refractivity contribution in [1.82, 2.24) is 5.32 Å². The highest BCUT2D eigenvalue weighted by atomic mass is 16.5. The summed E-state index contributed by atoms with van der Waals surface area (Å²) < 4.78 is 10.5. The number of carbonyl (C=O) groups excluding carboxylic acids is 2. The Balaban J connectivity index is 1.34. The van der Waals surface area contributed by atoms with Crippen molar-refractivity contribution in [3.63, 3.8) is 0 Å². The molecule has 4 rings (SSSR count). The molecule has 6 heteroatoms. The fourth-order valence-electron chi connectivity index (χ4n) is 3.55. The van der Waals surface area contributed by atoms with Gasteiger partial charge in [0.05, 0.1) is 18.7 Å². The van der Waals surface area contributed by atoms with E-state index in [1.165, 1.54) is 18.4 Å². The third-order valence-corrected chi connectivity index (χ3v) is 5.01. The van der Waals surface area contributed by atoms with E-state index in [0.717, 1.165) is 21.7 Å². The minimum absolute atomic E-state index is 0.0239. The number of carbonyl (C=O) groups is 2. The second-order valence-electron chi connectivity index (χ2n) is 7.14. The average Bonchev–Trinajstić information content (AvgIpc) is 3.13. The predicted molar refractivity (Wildman–Crippen MR) is 113 cm³/mol. The monoisotopic (exact) mass is 403 g/mol. The first-order valence-electron chi connectivity index (χ1n) is 9.63. The molecule has 4 aromatic rings. The Morgan fingerprint density at radius 3 is 2.73 bits per heavy atom. The second-order valence-corrected chi connectivity index (χ2v) is 7.14. The normalized spacial score (nSPS) is 12.0. The van der Waals surface area contributed by atoms with Crippen LogP contribution in [-0.4, -0.2) is 23.6 Å². The number of esters is 1. The van der Waals surface area contributed by atoms with Crippen LogP contribution in [-0.2, 0) is 20.7 Å². The van der Waals surface area contributed by atoms with Crippen molar-refractivity contribution in [2.75, 3.05) is 6.61 Å². The van der Waals surface area contributed by atoms with E-state index in [1.54, 1.807) is 6.07 Å². The quantitative estimate of drug-likeness (QED) is 0.470. The number of aromatic hydroxyl groups is 1. The van der Waals surface area contributed by atoms with Crippen molar-refractivity contribution < 1.29 is 23.8 Å². The molecule has 0 radical (unpaired) electrons. The number of phenolic OH excluding ortho intramolecular Hbond substituents is 1. The van der Waals surface area contributed by atoms with Crippen LogP contribution in [0.3, 0.4) is 0 Å². The Morgan fingerprint density at radius 2 is 1.87 bits per heavy atom. The number of hydrogen-bond acceptors (Lipinski definition) is 5. The first-order chi connectivity index (χ1) is 14.5. The fraction of sp³-hybridized carbons (Fsp3) is 0.167. The Labute approximate surface area is 173 Å². The summed E-state index contributed by atoms with van der Waals surface area (Å²) in [6, 6.07) is 18.4. The minimum Gasteiger partial charge on any atom is -0.508 e. The number of phenols is 1. The van der Waals surface area contributed by atoms with Crippen molar-refractivity contribution in [3.8, 4) is 5.75 Å². The van der Waals surface area contributed by atoms with Crippen LogP contribution >= 0.6 is 0 Å². The van der Waals surface area contributed by atoms with Crippen LogP contribution in [0.5, 0.6) is 5.75 Å². The summed E-state index contributed by atoms with van der Waals surface area (Å²) in [7, 11) is 0. The summed E-state index contributed by atoms with van der Waals surface area (Å²) in [5.41, 5.74) is 2.12. The highest BCUT2D eigenvalue weighted by Crippen LogP contribution is 2.26. The predicted octanol–water partition coefficient (Wildman–Crippen LogP) is 4.25. The van der Waals surface area contributed by atoms with Crippen molar-refractivity contribution in [2.45, 2.75) is 19.4 Å². The van der Waals surface area contributed by atoms with Gasteiger partial charge in [-0.3, -0.25) is 9.59 Å². The van der Waals surface area contributed by atoms with Crippen molar-refractivity contribution in [2.24, 2.45) is 0 Å². The number of furan rings is 1. The summed E-state index contributed by atoms with van der Waals surface area (Å²) in [6.45, 7) is 1.54. The summed E-state index contributed by atoms with van der Waals surface area (Å²) in [5, 5.41) is 15.3. The minimum atomic E-state index is -0.529. The molecule has 152 valence electrons. The van der Waals surface area contributed by atoms with E-state index in [9.17, 15) is 14.7 Å². The van der Waals surface area contributed by atoms with Gasteiger partial charge >= 0.3 is 5.97 Å². The average molecular weight is 403 g/mol. The van der Waals surface area contributed by atoms with Crippen LogP contribution < -0.4 is 5.32 Å². The lowest BCUT2D eigenvalue weighted by molar-refractivity contribution is -0.148. The molecular weight excluding hydrogens is 382 g/mol. The molecule has 0 saturated carbocycles. The lowest BCUT2D eigenvalue weighted by atomic mass is 10.00. The summed E-state index contributed by atoms with van der Waals surface area (Å²) in [5.74, 6) is -0.813. The van der Waals surface area contributed by atoms with Crippen LogP contribution in [0.15, 0.2) is 71.3 Å². The molecule has 0 saturated heterocycles. The lowest BCUT2D eigenvalue weighted by Crippen LogP contribution is -2.31. The molecule has 0 unspecified atom stereocenters. The van der Waals surface area contributed by atoms with E-state index in [1.807, 2.05) is 49.4 Å². The zero-order valence-electron chi connectivity index (χ0n) is 16.4. The molecular formula is C24H21NO5.